The highest BCUT2D eigenvalue weighted by molar-refractivity contribution is 7.21. The number of nitrogens with two attached hydrogens (primary N) is 2. The van der Waals surface area contributed by atoms with Gasteiger partial charge in [0.15, 0.2) is 6.33 Å². The van der Waals surface area contributed by atoms with E-state index in [4.69, 9.17) is 16.2 Å². The summed E-state index contributed by atoms with van der Waals surface area (Å²) in [5.41, 5.74) is 14.1. The van der Waals surface area contributed by atoms with Crippen LogP contribution in [-0.4, -0.2) is 57.4 Å². The Hall–Kier alpha value is -2.79. The van der Waals surface area contributed by atoms with Crippen molar-refractivity contribution >= 4 is 38.8 Å². The fourth-order valence-electron chi connectivity index (χ4n) is 3.76. The highest BCUT2D eigenvalue weighted by atomic mass is 32.1. The van der Waals surface area contributed by atoms with Crippen LogP contribution in [0.1, 0.15) is 28.2 Å². The molecule has 1 fully saturated rings. The lowest BCUT2D eigenvalue weighted by Crippen LogP contribution is -2.37. The molecule has 0 spiro atoms. The van der Waals surface area contributed by atoms with Crippen molar-refractivity contribution in [2.24, 2.45) is 11.7 Å². The van der Waals surface area contributed by atoms with Crippen molar-refractivity contribution in [2.45, 2.75) is 26.3 Å². The van der Waals surface area contributed by atoms with E-state index >= 15 is 0 Å². The van der Waals surface area contributed by atoms with E-state index in [0.717, 1.165) is 47.5 Å². The molecular weight excluding hydrogens is 392 g/mol. The summed E-state index contributed by atoms with van der Waals surface area (Å²) in [7, 11) is 0. The molecule has 1 atom stereocenters. The van der Waals surface area contributed by atoms with Crippen molar-refractivity contribution in [3.63, 3.8) is 0 Å². The molecule has 3 aromatic rings. The Morgan fingerprint density at radius 1 is 1.45 bits per heavy atom. The first-order chi connectivity index (χ1) is 14.0. The lowest BCUT2D eigenvalue weighted by atomic mass is 9.98. The highest BCUT2D eigenvalue weighted by Crippen LogP contribution is 2.40. The number of carbonyl (C=O) groups excluding carboxylic acids is 1. The van der Waals surface area contributed by atoms with E-state index < -0.39 is 5.91 Å². The van der Waals surface area contributed by atoms with Crippen molar-refractivity contribution < 1.29 is 9.53 Å². The fraction of sp³-hybridized carbons (Fsp3) is 0.500. The second-order valence-corrected chi connectivity index (χ2v) is 8.23. The lowest BCUT2D eigenvalue weighted by molar-refractivity contribution is 0.0834. The zero-order valence-corrected chi connectivity index (χ0v) is 17.1. The Morgan fingerprint density at radius 3 is 3.07 bits per heavy atom. The largest absolute Gasteiger partial charge is 0.397 e. The highest BCUT2D eigenvalue weighted by Gasteiger charge is 2.25. The molecule has 1 amide bonds. The number of nitrogens with zero attached hydrogens (tertiary/aromatic N) is 6. The maximum absolute atomic E-state index is 11.7. The molecule has 0 unspecified atom stereocenters. The number of rotatable bonds is 7. The number of piperidine rings is 1. The monoisotopic (exact) mass is 416 g/mol. The summed E-state index contributed by atoms with van der Waals surface area (Å²) in [6, 6.07) is 2.04. The molecule has 10 nitrogen and oxygen atoms in total. The van der Waals surface area contributed by atoms with Crippen LogP contribution in [0.15, 0.2) is 12.4 Å². The number of aromatic nitrogens is 5. The Labute approximate surface area is 171 Å². The number of aryl methyl sites for hydroxylation is 1. The number of ether oxygens (including phenoxy) is 1. The molecule has 4 rings (SSSR count). The first-order valence-corrected chi connectivity index (χ1v) is 10.4. The van der Waals surface area contributed by atoms with E-state index in [2.05, 4.69) is 25.3 Å². The topological polar surface area (TPSA) is 138 Å². The molecule has 0 bridgehead atoms. The molecule has 4 N–H and O–H groups in total. The number of pyridine rings is 1. The number of amides is 1. The number of anilines is 2. The van der Waals surface area contributed by atoms with Gasteiger partial charge in [-0.3, -0.25) is 4.79 Å². The van der Waals surface area contributed by atoms with Gasteiger partial charge < -0.3 is 21.1 Å². The fourth-order valence-corrected chi connectivity index (χ4v) is 4.77. The molecule has 0 aromatic carbocycles. The Balaban J connectivity index is 1.47. The maximum Gasteiger partial charge on any atom is 0.260 e. The van der Waals surface area contributed by atoms with Crippen molar-refractivity contribution in [3.05, 3.63) is 23.0 Å². The summed E-state index contributed by atoms with van der Waals surface area (Å²) in [4.78, 5) is 21.2. The summed E-state index contributed by atoms with van der Waals surface area (Å²) in [6.07, 6.45) is 3.58. The van der Waals surface area contributed by atoms with E-state index in [9.17, 15) is 4.79 Å². The average molecular weight is 417 g/mol. The zero-order valence-electron chi connectivity index (χ0n) is 16.2. The summed E-state index contributed by atoms with van der Waals surface area (Å²) < 4.78 is 5.85. The van der Waals surface area contributed by atoms with Gasteiger partial charge in [-0.15, -0.1) is 21.5 Å². The van der Waals surface area contributed by atoms with Crippen LogP contribution in [0.5, 0.6) is 0 Å². The molecule has 4 heterocycles. The number of nitrogen functional groups attached to an aromatic ring is 1. The molecule has 3 aromatic heterocycles. The van der Waals surface area contributed by atoms with E-state index in [1.54, 1.807) is 0 Å². The summed E-state index contributed by atoms with van der Waals surface area (Å²) in [5.74, 6) is -0.104. The van der Waals surface area contributed by atoms with E-state index in [-0.39, 0.29) is 0 Å². The van der Waals surface area contributed by atoms with Crippen LogP contribution in [0.25, 0.3) is 10.2 Å². The SMILES string of the molecule is Cc1cc(N2CCC[C@H](COCCn3ncnn3)C2)c2c(N)c(C(N)=O)sc2n1. The molecule has 0 saturated carbocycles. The third-order valence-electron chi connectivity index (χ3n) is 5.07. The van der Waals surface area contributed by atoms with Gasteiger partial charge in [-0.2, -0.15) is 4.80 Å². The van der Waals surface area contributed by atoms with Crippen LogP contribution in [0.4, 0.5) is 11.4 Å². The summed E-state index contributed by atoms with van der Waals surface area (Å²) in [6.45, 7) is 5.54. The summed E-state index contributed by atoms with van der Waals surface area (Å²) in [5, 5.41) is 12.3. The first kappa shape index (κ1) is 19.5. The standard InChI is InChI=1S/C18H24N8O2S/c1-11-7-13(14-15(19)16(17(20)27)29-18(14)23-11)25-4-2-3-12(8-25)9-28-6-5-26-22-10-21-24-26/h7,10,12H,2-6,8-9,19H2,1H3,(H2,20,27)/t12-/m0/s1. The van der Waals surface area contributed by atoms with Crippen LogP contribution in [-0.2, 0) is 11.3 Å². The minimum atomic E-state index is -0.513. The molecule has 1 aliphatic rings. The molecular formula is C18H24N8O2S. The molecule has 154 valence electrons. The second kappa shape index (κ2) is 8.29. The third kappa shape index (κ3) is 4.15. The summed E-state index contributed by atoms with van der Waals surface area (Å²) >= 11 is 1.26. The van der Waals surface area contributed by atoms with Gasteiger partial charge in [0.05, 0.1) is 36.5 Å². The van der Waals surface area contributed by atoms with Crippen LogP contribution in [0.3, 0.4) is 0 Å². The predicted octanol–water partition coefficient (Wildman–Crippen LogP) is 1.21. The number of carbonyl (C=O) groups is 1. The number of tetrazole rings is 1. The second-order valence-electron chi connectivity index (χ2n) is 7.23. The van der Waals surface area contributed by atoms with E-state index in [1.165, 1.54) is 22.5 Å². The Morgan fingerprint density at radius 2 is 2.31 bits per heavy atom. The normalized spacial score (nSPS) is 17.1. The van der Waals surface area contributed by atoms with Gasteiger partial charge in [0.2, 0.25) is 0 Å². The Kier molecular flexibility index (Phi) is 5.58. The van der Waals surface area contributed by atoms with Crippen molar-refractivity contribution in [2.75, 3.05) is 36.9 Å². The van der Waals surface area contributed by atoms with Gasteiger partial charge in [-0.25, -0.2) is 4.98 Å². The van der Waals surface area contributed by atoms with E-state index in [1.807, 2.05) is 13.0 Å². The van der Waals surface area contributed by atoms with E-state index in [0.29, 0.717) is 36.2 Å². The van der Waals surface area contributed by atoms with Crippen LogP contribution < -0.4 is 16.4 Å². The number of fused-ring (bicyclic) bond motifs is 1. The van der Waals surface area contributed by atoms with Gasteiger partial charge in [0.25, 0.3) is 5.91 Å². The van der Waals surface area contributed by atoms with Gasteiger partial charge in [-0.05, 0) is 37.0 Å². The smallest absolute Gasteiger partial charge is 0.260 e. The molecule has 0 aliphatic carbocycles. The molecule has 1 aliphatic heterocycles. The first-order valence-electron chi connectivity index (χ1n) is 9.56. The molecule has 0 radical (unpaired) electrons. The van der Waals surface area contributed by atoms with Crippen LogP contribution in [0.2, 0.25) is 0 Å². The minimum absolute atomic E-state index is 0.373. The number of primary amides is 1. The number of hydrogen-bond donors (Lipinski definition) is 2. The minimum Gasteiger partial charge on any atom is -0.397 e. The molecule has 11 heteroatoms. The average Bonchev–Trinajstić information content (AvgIpc) is 3.33. The zero-order chi connectivity index (χ0) is 20.4. The van der Waals surface area contributed by atoms with Gasteiger partial charge in [0, 0.05) is 18.8 Å². The quantitative estimate of drug-likeness (QED) is 0.548. The van der Waals surface area contributed by atoms with Gasteiger partial charge in [-0.1, -0.05) is 0 Å². The van der Waals surface area contributed by atoms with Gasteiger partial charge in [0.1, 0.15) is 9.71 Å². The number of thiophene rings is 1. The molecule has 1 saturated heterocycles. The maximum atomic E-state index is 11.7. The van der Waals surface area contributed by atoms with Crippen LogP contribution in [0, 0.1) is 12.8 Å². The number of hydrogen-bond acceptors (Lipinski definition) is 9. The predicted molar refractivity (Wildman–Crippen MR) is 111 cm³/mol. The Bertz CT molecular complexity index is 1000. The van der Waals surface area contributed by atoms with Crippen LogP contribution >= 0.6 is 11.3 Å². The van der Waals surface area contributed by atoms with Gasteiger partial charge >= 0.3 is 0 Å². The lowest BCUT2D eigenvalue weighted by Gasteiger charge is -2.35. The van der Waals surface area contributed by atoms with Crippen molar-refractivity contribution in [1.29, 1.82) is 0 Å². The van der Waals surface area contributed by atoms with Crippen molar-refractivity contribution in [1.82, 2.24) is 25.2 Å². The molecule has 29 heavy (non-hydrogen) atoms. The third-order valence-corrected chi connectivity index (χ3v) is 6.18. The van der Waals surface area contributed by atoms with Crippen molar-refractivity contribution in [3.8, 4) is 0 Å².